The molecule has 0 amide bonds. The minimum atomic E-state index is -0.0650. The molecule has 1 aliphatic heterocycles. The molecule has 2 fully saturated rings. The number of aliphatic hydroxyl groups excluding tert-OH is 1. The van der Waals surface area contributed by atoms with Crippen LogP contribution in [0.25, 0.3) is 11.1 Å². The Labute approximate surface area is 163 Å². The summed E-state index contributed by atoms with van der Waals surface area (Å²) in [5.74, 6) is 0. The summed E-state index contributed by atoms with van der Waals surface area (Å²) in [6.07, 6.45) is 6.51. The van der Waals surface area contributed by atoms with Crippen molar-refractivity contribution in [3.05, 3.63) is 54.1 Å². The van der Waals surface area contributed by atoms with Gasteiger partial charge in [-0.25, -0.2) is 0 Å². The van der Waals surface area contributed by atoms with Crippen molar-refractivity contribution in [3.8, 4) is 11.1 Å². The Morgan fingerprint density at radius 3 is 2.19 bits per heavy atom. The fourth-order valence-corrected chi connectivity index (χ4v) is 4.76. The number of hydrogen-bond donors (Lipinski definition) is 2. The summed E-state index contributed by atoms with van der Waals surface area (Å²) in [7, 11) is 0. The fraction of sp³-hybridized carbons (Fsp3) is 0.500. The maximum atomic E-state index is 9.69. The number of hydrogen-bond acceptors (Lipinski definition) is 3. The Morgan fingerprint density at radius 2 is 1.48 bits per heavy atom. The molecule has 1 heterocycles. The molecule has 1 saturated carbocycles. The molecule has 4 rings (SSSR count). The van der Waals surface area contributed by atoms with Crippen molar-refractivity contribution in [1.29, 1.82) is 0 Å². The Morgan fingerprint density at radius 1 is 0.815 bits per heavy atom. The first-order chi connectivity index (χ1) is 13.2. The second-order valence-electron chi connectivity index (χ2n) is 8.25. The molecule has 2 aromatic rings. The second-order valence-corrected chi connectivity index (χ2v) is 8.25. The third-order valence-corrected chi connectivity index (χ3v) is 6.39. The van der Waals surface area contributed by atoms with Gasteiger partial charge in [0.25, 0.3) is 0 Å². The maximum absolute atomic E-state index is 9.69. The Kier molecular flexibility index (Phi) is 5.80. The molecule has 1 saturated heterocycles. The normalized spacial score (nSPS) is 24.1. The molecule has 3 heteroatoms. The van der Waals surface area contributed by atoms with Crippen molar-refractivity contribution in [2.24, 2.45) is 0 Å². The van der Waals surface area contributed by atoms with E-state index in [4.69, 9.17) is 0 Å². The van der Waals surface area contributed by atoms with E-state index in [0.717, 1.165) is 38.8 Å². The van der Waals surface area contributed by atoms with Crippen LogP contribution in [0.2, 0.25) is 0 Å². The minimum Gasteiger partial charge on any atom is -0.393 e. The van der Waals surface area contributed by atoms with Crippen molar-refractivity contribution in [2.45, 2.75) is 63.6 Å². The average Bonchev–Trinajstić information content (AvgIpc) is 2.71. The molecule has 0 unspecified atom stereocenters. The molecule has 2 N–H and O–H groups in total. The molecule has 3 nitrogen and oxygen atoms in total. The Balaban J connectivity index is 1.38. The monoisotopic (exact) mass is 364 g/mol. The van der Waals surface area contributed by atoms with E-state index in [0.29, 0.717) is 12.1 Å². The number of nitrogens with one attached hydrogen (secondary N) is 1. The second kappa shape index (κ2) is 8.45. The molecule has 2 aliphatic rings. The van der Waals surface area contributed by atoms with Crippen LogP contribution in [0, 0.1) is 6.92 Å². The van der Waals surface area contributed by atoms with E-state index in [2.05, 4.69) is 65.7 Å². The molecule has 0 spiro atoms. The first-order valence-electron chi connectivity index (χ1n) is 10.5. The van der Waals surface area contributed by atoms with Crippen LogP contribution in [-0.2, 0) is 0 Å². The first-order valence-corrected chi connectivity index (χ1v) is 10.5. The highest BCUT2D eigenvalue weighted by Crippen LogP contribution is 2.32. The van der Waals surface area contributed by atoms with Crippen molar-refractivity contribution in [2.75, 3.05) is 18.0 Å². The molecule has 0 radical (unpaired) electrons. The van der Waals surface area contributed by atoms with Gasteiger partial charge in [-0.2, -0.15) is 0 Å². The number of benzene rings is 2. The van der Waals surface area contributed by atoms with Crippen LogP contribution in [0.4, 0.5) is 5.69 Å². The Bertz CT molecular complexity index is 729. The summed E-state index contributed by atoms with van der Waals surface area (Å²) >= 11 is 0. The van der Waals surface area contributed by atoms with E-state index >= 15 is 0 Å². The van der Waals surface area contributed by atoms with Crippen molar-refractivity contribution in [1.82, 2.24) is 5.32 Å². The van der Waals surface area contributed by atoms with Crippen LogP contribution < -0.4 is 10.2 Å². The standard InChI is InChI=1S/C24H32N2O/c1-18-23(19-6-3-2-4-7-19)8-5-9-24(18)26-16-14-21(15-17-26)25-20-10-12-22(27)13-11-20/h2-9,20-22,25,27H,10-17H2,1H3/t20-,22-. The molecule has 0 bridgehead atoms. The smallest absolute Gasteiger partial charge is 0.0541 e. The van der Waals surface area contributed by atoms with Gasteiger partial charge in [0.2, 0.25) is 0 Å². The van der Waals surface area contributed by atoms with Crippen LogP contribution in [0.15, 0.2) is 48.5 Å². The van der Waals surface area contributed by atoms with E-state index in [1.165, 1.54) is 35.2 Å². The van der Waals surface area contributed by atoms with Crippen molar-refractivity contribution >= 4 is 5.69 Å². The quantitative estimate of drug-likeness (QED) is 0.837. The summed E-state index contributed by atoms with van der Waals surface area (Å²) in [6, 6.07) is 18.6. The first kappa shape index (κ1) is 18.5. The minimum absolute atomic E-state index is 0.0650. The summed E-state index contributed by atoms with van der Waals surface area (Å²) < 4.78 is 0. The maximum Gasteiger partial charge on any atom is 0.0541 e. The molecule has 0 aromatic heterocycles. The summed E-state index contributed by atoms with van der Waals surface area (Å²) in [4.78, 5) is 2.56. The van der Waals surface area contributed by atoms with Gasteiger partial charge in [0, 0.05) is 30.9 Å². The van der Waals surface area contributed by atoms with Crippen LogP contribution >= 0.6 is 0 Å². The highest BCUT2D eigenvalue weighted by molar-refractivity contribution is 5.74. The van der Waals surface area contributed by atoms with Crippen LogP contribution in [0.5, 0.6) is 0 Å². The van der Waals surface area contributed by atoms with Crippen LogP contribution in [-0.4, -0.2) is 36.4 Å². The largest absolute Gasteiger partial charge is 0.393 e. The lowest BCUT2D eigenvalue weighted by molar-refractivity contribution is 0.113. The predicted octanol–water partition coefficient (Wildman–Crippen LogP) is 4.52. The van der Waals surface area contributed by atoms with Crippen molar-refractivity contribution < 1.29 is 5.11 Å². The molecule has 27 heavy (non-hydrogen) atoms. The Hall–Kier alpha value is -1.84. The lowest BCUT2D eigenvalue weighted by atomic mass is 9.91. The lowest BCUT2D eigenvalue weighted by Crippen LogP contribution is -2.47. The van der Waals surface area contributed by atoms with E-state index in [-0.39, 0.29) is 6.10 Å². The van der Waals surface area contributed by atoms with Gasteiger partial charge in [0.15, 0.2) is 0 Å². The van der Waals surface area contributed by atoms with Gasteiger partial charge >= 0.3 is 0 Å². The van der Waals surface area contributed by atoms with Gasteiger partial charge in [-0.05, 0) is 68.2 Å². The number of piperidine rings is 1. The number of anilines is 1. The third kappa shape index (κ3) is 4.36. The van der Waals surface area contributed by atoms with Gasteiger partial charge < -0.3 is 15.3 Å². The number of rotatable bonds is 4. The van der Waals surface area contributed by atoms with Gasteiger partial charge in [-0.3, -0.25) is 0 Å². The molecule has 2 aromatic carbocycles. The summed E-state index contributed by atoms with van der Waals surface area (Å²) in [5.41, 5.74) is 5.41. The van der Waals surface area contributed by atoms with E-state index in [1.54, 1.807) is 0 Å². The molecular formula is C24H32N2O. The molecular weight excluding hydrogens is 332 g/mol. The SMILES string of the molecule is Cc1c(-c2ccccc2)cccc1N1CCC(N[C@H]2CC[C@H](O)CC2)CC1. The zero-order chi connectivity index (χ0) is 18.6. The number of aliphatic hydroxyl groups is 1. The van der Waals surface area contributed by atoms with Crippen LogP contribution in [0.3, 0.4) is 0 Å². The number of nitrogens with zero attached hydrogens (tertiary/aromatic N) is 1. The van der Waals surface area contributed by atoms with E-state index in [9.17, 15) is 5.11 Å². The zero-order valence-corrected chi connectivity index (χ0v) is 16.4. The predicted molar refractivity (Wildman–Crippen MR) is 113 cm³/mol. The lowest BCUT2D eigenvalue weighted by Gasteiger charge is -2.38. The fourth-order valence-electron chi connectivity index (χ4n) is 4.76. The topological polar surface area (TPSA) is 35.5 Å². The van der Waals surface area contributed by atoms with E-state index < -0.39 is 0 Å². The van der Waals surface area contributed by atoms with Gasteiger partial charge in [-0.1, -0.05) is 42.5 Å². The van der Waals surface area contributed by atoms with Gasteiger partial charge in [0.05, 0.1) is 6.10 Å². The van der Waals surface area contributed by atoms with Gasteiger partial charge in [0.1, 0.15) is 0 Å². The highest BCUT2D eigenvalue weighted by atomic mass is 16.3. The van der Waals surface area contributed by atoms with Crippen molar-refractivity contribution in [3.63, 3.8) is 0 Å². The molecule has 1 aliphatic carbocycles. The summed E-state index contributed by atoms with van der Waals surface area (Å²) in [6.45, 7) is 4.49. The third-order valence-electron chi connectivity index (χ3n) is 6.39. The van der Waals surface area contributed by atoms with E-state index in [1.807, 2.05) is 0 Å². The molecule has 0 atom stereocenters. The summed E-state index contributed by atoms with van der Waals surface area (Å²) in [5, 5.41) is 13.6. The van der Waals surface area contributed by atoms with Gasteiger partial charge in [-0.15, -0.1) is 0 Å². The zero-order valence-electron chi connectivity index (χ0n) is 16.4. The average molecular weight is 365 g/mol. The van der Waals surface area contributed by atoms with Crippen LogP contribution in [0.1, 0.15) is 44.1 Å². The highest BCUT2D eigenvalue weighted by Gasteiger charge is 2.25. The molecule has 144 valence electrons.